The average molecular weight is 398 g/mol. The highest BCUT2D eigenvalue weighted by Crippen LogP contribution is 2.39. The fourth-order valence-electron chi connectivity index (χ4n) is 2.84. The molecule has 10 heteroatoms. The van der Waals surface area contributed by atoms with Crippen molar-refractivity contribution in [1.82, 2.24) is 15.2 Å². The summed E-state index contributed by atoms with van der Waals surface area (Å²) in [5, 5.41) is 7.21. The van der Waals surface area contributed by atoms with Crippen LogP contribution in [0.15, 0.2) is 56.1 Å². The third-order valence-corrected chi connectivity index (χ3v) is 6.36. The zero-order valence-corrected chi connectivity index (χ0v) is 15.6. The number of sulfonamides is 1. The molecule has 0 unspecified atom stereocenters. The third kappa shape index (κ3) is 3.06. The number of H-pyrrole nitrogens is 1. The van der Waals surface area contributed by atoms with E-state index in [2.05, 4.69) is 28.6 Å². The molecule has 0 saturated heterocycles. The van der Waals surface area contributed by atoms with Crippen molar-refractivity contribution in [2.75, 3.05) is 4.72 Å². The van der Waals surface area contributed by atoms with E-state index < -0.39 is 10.0 Å². The summed E-state index contributed by atoms with van der Waals surface area (Å²) in [6.07, 6.45) is 2.30. The van der Waals surface area contributed by atoms with Gasteiger partial charge in [0.1, 0.15) is 22.1 Å². The van der Waals surface area contributed by atoms with Crippen LogP contribution in [0, 0.1) is 0 Å². The van der Waals surface area contributed by atoms with Gasteiger partial charge < -0.3 is 0 Å². The summed E-state index contributed by atoms with van der Waals surface area (Å²) in [6.45, 7) is 0. The molecule has 3 aromatic rings. The monoisotopic (exact) mass is 398 g/mol. The van der Waals surface area contributed by atoms with Crippen LogP contribution < -0.4 is 4.72 Å². The average Bonchev–Trinajstić information content (AvgIpc) is 3.19. The molecule has 1 aliphatic heterocycles. The SMILES string of the molecule is O=S(=O)(Nc1ccc(-c2n[nH]c(C3CC3)n2)cc1)c1cccc2c1N=S=N2. The van der Waals surface area contributed by atoms with Crippen LogP contribution in [0.25, 0.3) is 11.4 Å². The van der Waals surface area contributed by atoms with Crippen LogP contribution in [0.5, 0.6) is 0 Å². The topological polar surface area (TPSA) is 112 Å². The fourth-order valence-corrected chi connectivity index (χ4v) is 4.66. The summed E-state index contributed by atoms with van der Waals surface area (Å²) in [5.74, 6) is 2.03. The minimum atomic E-state index is -3.77. The summed E-state index contributed by atoms with van der Waals surface area (Å²) < 4.78 is 36.3. The number of hydrogen-bond acceptors (Lipinski definition) is 6. The van der Waals surface area contributed by atoms with Crippen molar-refractivity contribution in [2.45, 2.75) is 23.7 Å². The number of aromatic nitrogens is 3. The molecule has 1 aliphatic carbocycles. The lowest BCUT2D eigenvalue weighted by atomic mass is 10.2. The van der Waals surface area contributed by atoms with E-state index >= 15 is 0 Å². The van der Waals surface area contributed by atoms with E-state index in [1.165, 1.54) is 6.07 Å². The molecule has 0 amide bonds. The highest BCUT2D eigenvalue weighted by molar-refractivity contribution is 7.93. The Balaban J connectivity index is 1.39. The number of nitrogens with one attached hydrogen (secondary N) is 2. The third-order valence-electron chi connectivity index (χ3n) is 4.40. The zero-order valence-electron chi connectivity index (χ0n) is 14.0. The number of rotatable bonds is 5. The lowest BCUT2D eigenvalue weighted by Crippen LogP contribution is -2.13. The van der Waals surface area contributed by atoms with Gasteiger partial charge in [0, 0.05) is 17.2 Å². The van der Waals surface area contributed by atoms with Gasteiger partial charge in [-0.25, -0.2) is 13.4 Å². The molecule has 1 aromatic heterocycles. The highest BCUT2D eigenvalue weighted by atomic mass is 32.2. The standard InChI is InChI=1S/C17H14N6O2S2/c24-27(25,14-3-1-2-13-15(14)22-26-21-13)23-12-8-6-11(7-9-12)17-18-16(19-20-17)10-4-5-10/h1-3,6-10,23H,4-5H2,(H,18,19,20). The van der Waals surface area contributed by atoms with Gasteiger partial charge in [0.05, 0.1) is 11.4 Å². The van der Waals surface area contributed by atoms with Crippen molar-refractivity contribution in [3.8, 4) is 11.4 Å². The molecule has 0 spiro atoms. The van der Waals surface area contributed by atoms with Gasteiger partial charge in [-0.2, -0.15) is 13.8 Å². The Morgan fingerprint density at radius 2 is 1.89 bits per heavy atom. The Hall–Kier alpha value is -2.85. The van der Waals surface area contributed by atoms with E-state index in [4.69, 9.17) is 0 Å². The predicted octanol–water partition coefficient (Wildman–Crippen LogP) is 3.88. The van der Waals surface area contributed by atoms with Gasteiger partial charge in [0.2, 0.25) is 0 Å². The van der Waals surface area contributed by atoms with Gasteiger partial charge in [-0.05, 0) is 49.2 Å². The van der Waals surface area contributed by atoms with Crippen LogP contribution in [0.4, 0.5) is 17.1 Å². The maximum absolute atomic E-state index is 12.7. The molecular formula is C17H14N6O2S2. The number of benzene rings is 2. The van der Waals surface area contributed by atoms with E-state index in [0.29, 0.717) is 28.8 Å². The lowest BCUT2D eigenvalue weighted by Gasteiger charge is -2.10. The van der Waals surface area contributed by atoms with Crippen molar-refractivity contribution >= 4 is 38.4 Å². The lowest BCUT2D eigenvalue weighted by molar-refractivity contribution is 0.601. The molecule has 8 nitrogen and oxygen atoms in total. The molecule has 5 rings (SSSR count). The van der Waals surface area contributed by atoms with Gasteiger partial charge in [0.25, 0.3) is 10.0 Å². The van der Waals surface area contributed by atoms with E-state index in [1.807, 2.05) is 0 Å². The molecule has 0 radical (unpaired) electrons. The smallest absolute Gasteiger partial charge is 0.264 e. The van der Waals surface area contributed by atoms with Crippen molar-refractivity contribution in [1.29, 1.82) is 0 Å². The molecular weight excluding hydrogens is 384 g/mol. The Morgan fingerprint density at radius 1 is 1.07 bits per heavy atom. The Labute approximate surface area is 159 Å². The van der Waals surface area contributed by atoms with Crippen molar-refractivity contribution in [2.24, 2.45) is 8.73 Å². The number of nitrogens with zero attached hydrogens (tertiary/aromatic N) is 4. The minimum absolute atomic E-state index is 0.112. The second-order valence-electron chi connectivity index (χ2n) is 6.39. The maximum atomic E-state index is 12.7. The summed E-state index contributed by atoms with van der Waals surface area (Å²) in [7, 11) is -3.77. The first kappa shape index (κ1) is 16.3. The normalized spacial score (nSPS) is 15.4. The molecule has 0 atom stereocenters. The highest BCUT2D eigenvalue weighted by Gasteiger charge is 2.27. The van der Waals surface area contributed by atoms with Crippen LogP contribution in [0.3, 0.4) is 0 Å². The van der Waals surface area contributed by atoms with Gasteiger partial charge in [-0.3, -0.25) is 9.82 Å². The van der Waals surface area contributed by atoms with Gasteiger partial charge >= 0.3 is 0 Å². The molecule has 136 valence electrons. The van der Waals surface area contributed by atoms with E-state index in [9.17, 15) is 8.42 Å². The fraction of sp³-hybridized carbons (Fsp3) is 0.176. The molecule has 27 heavy (non-hydrogen) atoms. The van der Waals surface area contributed by atoms with Gasteiger partial charge in [-0.1, -0.05) is 6.07 Å². The molecule has 1 fully saturated rings. The van der Waals surface area contributed by atoms with E-state index in [-0.39, 0.29) is 4.90 Å². The van der Waals surface area contributed by atoms with Gasteiger partial charge in [-0.15, -0.1) is 0 Å². The minimum Gasteiger partial charge on any atom is -0.280 e. The molecule has 1 saturated carbocycles. The Bertz CT molecular complexity index is 1210. The van der Waals surface area contributed by atoms with E-state index in [0.717, 1.165) is 35.6 Å². The van der Waals surface area contributed by atoms with Crippen LogP contribution >= 0.6 is 0 Å². The maximum Gasteiger partial charge on any atom is 0.264 e. The first-order chi connectivity index (χ1) is 13.1. The molecule has 2 heterocycles. The van der Waals surface area contributed by atoms with Crippen molar-refractivity contribution < 1.29 is 8.42 Å². The van der Waals surface area contributed by atoms with Crippen LogP contribution in [0.1, 0.15) is 24.6 Å². The van der Waals surface area contributed by atoms with Crippen LogP contribution in [-0.2, 0) is 21.4 Å². The number of hydrogen-bond donors (Lipinski definition) is 2. The van der Waals surface area contributed by atoms with Crippen molar-refractivity contribution in [3.63, 3.8) is 0 Å². The molecule has 0 bridgehead atoms. The number of aromatic amines is 1. The Kier molecular flexibility index (Phi) is 3.69. The summed E-state index contributed by atoms with van der Waals surface area (Å²) in [5.41, 5.74) is 2.22. The van der Waals surface area contributed by atoms with Gasteiger partial charge in [0.15, 0.2) is 5.82 Å². The molecule has 2 aliphatic rings. The van der Waals surface area contributed by atoms with E-state index in [1.54, 1.807) is 36.4 Å². The Morgan fingerprint density at radius 3 is 2.67 bits per heavy atom. The summed E-state index contributed by atoms with van der Waals surface area (Å²) in [4.78, 5) is 4.62. The molecule has 2 N–H and O–H groups in total. The second-order valence-corrected chi connectivity index (χ2v) is 8.57. The number of anilines is 1. The zero-order chi connectivity index (χ0) is 18.4. The quantitative estimate of drug-likeness (QED) is 0.531. The largest absolute Gasteiger partial charge is 0.280 e. The van der Waals surface area contributed by atoms with Crippen LogP contribution in [-0.4, -0.2) is 23.6 Å². The van der Waals surface area contributed by atoms with Crippen LogP contribution in [0.2, 0.25) is 0 Å². The first-order valence-electron chi connectivity index (χ1n) is 8.37. The second kappa shape index (κ2) is 6.10. The van der Waals surface area contributed by atoms with Crippen molar-refractivity contribution in [3.05, 3.63) is 48.3 Å². The first-order valence-corrected chi connectivity index (χ1v) is 10.6. The predicted molar refractivity (Wildman–Crippen MR) is 103 cm³/mol. The summed E-state index contributed by atoms with van der Waals surface area (Å²) >= 11 is 0.988. The number of fused-ring (bicyclic) bond motifs is 1. The molecule has 2 aromatic carbocycles. The summed E-state index contributed by atoms with van der Waals surface area (Å²) in [6, 6.07) is 11.9.